The molecule has 1 fully saturated rings. The second-order valence-electron chi connectivity index (χ2n) is 7.21. The van der Waals surface area contributed by atoms with Crippen molar-refractivity contribution in [3.8, 4) is 0 Å². The Labute approximate surface area is 165 Å². The van der Waals surface area contributed by atoms with E-state index >= 15 is 0 Å². The molecule has 1 aliphatic heterocycles. The number of para-hydroxylation sites is 1. The van der Waals surface area contributed by atoms with Crippen LogP contribution in [-0.4, -0.2) is 54.8 Å². The summed E-state index contributed by atoms with van der Waals surface area (Å²) in [5, 5.41) is 0. The van der Waals surface area contributed by atoms with Crippen molar-refractivity contribution < 1.29 is 14.0 Å². The number of benzene rings is 2. The normalized spacial score (nSPS) is 15.2. The summed E-state index contributed by atoms with van der Waals surface area (Å²) in [5.41, 5.74) is 1.43. The molecule has 0 unspecified atom stereocenters. The molecule has 2 aromatic rings. The van der Waals surface area contributed by atoms with Gasteiger partial charge >= 0.3 is 6.03 Å². The minimum atomic E-state index is -0.475. The number of rotatable bonds is 4. The zero-order valence-electron chi connectivity index (χ0n) is 16.4. The Morgan fingerprint density at radius 1 is 1.04 bits per heavy atom. The van der Waals surface area contributed by atoms with E-state index < -0.39 is 5.82 Å². The van der Waals surface area contributed by atoms with Crippen molar-refractivity contribution in [3.05, 3.63) is 65.5 Å². The Kier molecular flexibility index (Phi) is 6.41. The highest BCUT2D eigenvalue weighted by Gasteiger charge is 2.25. The van der Waals surface area contributed by atoms with Gasteiger partial charge in [-0.1, -0.05) is 30.3 Å². The third-order valence-electron chi connectivity index (χ3n) is 5.08. The molecular formula is C22H26FN3O2. The molecule has 5 nitrogen and oxygen atoms in total. The number of urea groups is 1. The number of Topliss-reactive ketones (excluding diaryl/α,β-unsaturated/α-hetero) is 1. The second-order valence-corrected chi connectivity index (χ2v) is 7.21. The summed E-state index contributed by atoms with van der Waals surface area (Å²) in [5.74, 6) is -0.660. The van der Waals surface area contributed by atoms with Gasteiger partial charge in [0.15, 0.2) is 5.78 Å². The highest BCUT2D eigenvalue weighted by Crippen LogP contribution is 2.22. The van der Waals surface area contributed by atoms with Crippen LogP contribution in [0.2, 0.25) is 0 Å². The summed E-state index contributed by atoms with van der Waals surface area (Å²) >= 11 is 0. The zero-order chi connectivity index (χ0) is 20.1. The van der Waals surface area contributed by atoms with Crippen LogP contribution in [0.15, 0.2) is 48.5 Å². The maximum absolute atomic E-state index is 14.6. The fourth-order valence-electron chi connectivity index (χ4n) is 3.35. The second kappa shape index (κ2) is 8.97. The maximum atomic E-state index is 14.6. The topological polar surface area (TPSA) is 43.9 Å². The zero-order valence-corrected chi connectivity index (χ0v) is 16.4. The van der Waals surface area contributed by atoms with Crippen LogP contribution in [0, 0.1) is 5.82 Å². The molecule has 0 radical (unpaired) electrons. The number of ketones is 1. The lowest BCUT2D eigenvalue weighted by atomic mass is 10.1. The van der Waals surface area contributed by atoms with Crippen molar-refractivity contribution in [3.63, 3.8) is 0 Å². The Morgan fingerprint density at radius 2 is 1.79 bits per heavy atom. The van der Waals surface area contributed by atoms with Crippen LogP contribution in [-0.2, 0) is 6.54 Å². The molecule has 2 aromatic carbocycles. The van der Waals surface area contributed by atoms with Gasteiger partial charge in [-0.25, -0.2) is 9.18 Å². The largest absolute Gasteiger partial charge is 0.324 e. The van der Waals surface area contributed by atoms with Crippen molar-refractivity contribution in [2.24, 2.45) is 0 Å². The number of nitrogens with zero attached hydrogens (tertiary/aromatic N) is 3. The van der Waals surface area contributed by atoms with Crippen LogP contribution < -0.4 is 4.90 Å². The van der Waals surface area contributed by atoms with Gasteiger partial charge in [-0.15, -0.1) is 0 Å². The summed E-state index contributed by atoms with van der Waals surface area (Å²) in [7, 11) is 2.05. The Bertz CT molecular complexity index is 841. The number of carbonyl (C=O) groups excluding carboxylic acids is 2. The minimum absolute atomic E-state index is 0.110. The van der Waals surface area contributed by atoms with Crippen LogP contribution in [0.3, 0.4) is 0 Å². The highest BCUT2D eigenvalue weighted by atomic mass is 19.1. The van der Waals surface area contributed by atoms with Crippen molar-refractivity contribution in [1.82, 2.24) is 9.80 Å². The van der Waals surface area contributed by atoms with E-state index in [1.807, 2.05) is 35.2 Å². The lowest BCUT2D eigenvalue weighted by Crippen LogP contribution is -2.44. The van der Waals surface area contributed by atoms with Crippen molar-refractivity contribution in [2.75, 3.05) is 38.1 Å². The van der Waals surface area contributed by atoms with Gasteiger partial charge in [0.05, 0.1) is 6.54 Å². The van der Waals surface area contributed by atoms with Gasteiger partial charge in [-0.3, -0.25) is 9.69 Å². The average Bonchev–Trinajstić information content (AvgIpc) is 2.91. The molecule has 0 aromatic heterocycles. The fourth-order valence-corrected chi connectivity index (χ4v) is 3.35. The maximum Gasteiger partial charge on any atom is 0.324 e. The molecule has 28 heavy (non-hydrogen) atoms. The Hall–Kier alpha value is -2.73. The summed E-state index contributed by atoms with van der Waals surface area (Å²) in [4.78, 5) is 30.4. The monoisotopic (exact) mass is 383 g/mol. The molecule has 3 rings (SSSR count). The lowest BCUT2D eigenvalue weighted by Gasteiger charge is -2.30. The Balaban J connectivity index is 1.88. The van der Waals surface area contributed by atoms with Gasteiger partial charge in [0.25, 0.3) is 0 Å². The van der Waals surface area contributed by atoms with E-state index in [1.165, 1.54) is 13.0 Å². The van der Waals surface area contributed by atoms with Gasteiger partial charge in [0.2, 0.25) is 0 Å². The third-order valence-corrected chi connectivity index (χ3v) is 5.08. The van der Waals surface area contributed by atoms with Gasteiger partial charge in [-0.2, -0.15) is 0 Å². The van der Waals surface area contributed by atoms with E-state index in [0.29, 0.717) is 24.2 Å². The number of amides is 2. The van der Waals surface area contributed by atoms with Crippen LogP contribution >= 0.6 is 0 Å². The molecule has 0 aliphatic carbocycles. The SMILES string of the molecule is CC(=O)c1ccc(CN(C(=O)N2CCCN(C)CC2)c2ccccc2)c(F)c1. The van der Waals surface area contributed by atoms with E-state index in [9.17, 15) is 14.0 Å². The molecule has 6 heteroatoms. The number of halogens is 1. The molecule has 0 N–H and O–H groups in total. The lowest BCUT2D eigenvalue weighted by molar-refractivity contribution is 0.101. The molecule has 2 amide bonds. The van der Waals surface area contributed by atoms with Crippen LogP contribution in [0.25, 0.3) is 0 Å². The predicted octanol–water partition coefficient (Wildman–Crippen LogP) is 3.79. The van der Waals surface area contributed by atoms with Crippen LogP contribution in [0.5, 0.6) is 0 Å². The standard InChI is InChI=1S/C22H26FN3O2/c1-17(27)18-9-10-19(21(23)15-18)16-26(20-7-4-3-5-8-20)22(28)25-12-6-11-24(2)13-14-25/h3-5,7-10,15H,6,11-14,16H2,1-2H3. The summed E-state index contributed by atoms with van der Waals surface area (Å²) in [6, 6.07) is 13.6. The molecular weight excluding hydrogens is 357 g/mol. The smallest absolute Gasteiger partial charge is 0.323 e. The average molecular weight is 383 g/mol. The first-order valence-corrected chi connectivity index (χ1v) is 9.55. The van der Waals surface area contributed by atoms with Crippen molar-refractivity contribution in [2.45, 2.75) is 19.9 Å². The van der Waals surface area contributed by atoms with Crippen LogP contribution in [0.1, 0.15) is 29.3 Å². The van der Waals surface area contributed by atoms with E-state index in [4.69, 9.17) is 0 Å². The van der Waals surface area contributed by atoms with Gasteiger partial charge in [0, 0.05) is 36.4 Å². The van der Waals surface area contributed by atoms with Gasteiger partial charge in [-0.05, 0) is 45.1 Å². The number of hydrogen-bond acceptors (Lipinski definition) is 3. The van der Waals surface area contributed by atoms with E-state index in [0.717, 1.165) is 25.2 Å². The summed E-state index contributed by atoms with van der Waals surface area (Å²) < 4.78 is 14.6. The first-order valence-electron chi connectivity index (χ1n) is 9.55. The number of hydrogen-bond donors (Lipinski definition) is 0. The highest BCUT2D eigenvalue weighted by molar-refractivity contribution is 5.94. The molecule has 0 bridgehead atoms. The first kappa shape index (κ1) is 20.0. The molecule has 1 heterocycles. The molecule has 1 saturated heterocycles. The predicted molar refractivity (Wildman–Crippen MR) is 108 cm³/mol. The molecule has 0 saturated carbocycles. The molecule has 1 aliphatic rings. The third kappa shape index (κ3) is 4.75. The molecule has 148 valence electrons. The van der Waals surface area contributed by atoms with E-state index in [1.54, 1.807) is 17.0 Å². The van der Waals surface area contributed by atoms with Crippen LogP contribution in [0.4, 0.5) is 14.9 Å². The number of carbonyl (C=O) groups is 2. The first-order chi connectivity index (χ1) is 13.5. The van der Waals surface area contributed by atoms with Gasteiger partial charge in [0.1, 0.15) is 5.82 Å². The van der Waals surface area contributed by atoms with Crippen molar-refractivity contribution in [1.29, 1.82) is 0 Å². The number of likely N-dealkylation sites (N-methyl/N-ethyl adjacent to an activating group) is 1. The van der Waals surface area contributed by atoms with Gasteiger partial charge < -0.3 is 9.80 Å². The molecule has 0 spiro atoms. The van der Waals surface area contributed by atoms with E-state index in [2.05, 4.69) is 11.9 Å². The summed E-state index contributed by atoms with van der Waals surface area (Å²) in [6.07, 6.45) is 0.909. The quantitative estimate of drug-likeness (QED) is 0.755. The molecule has 0 atom stereocenters. The number of anilines is 1. The minimum Gasteiger partial charge on any atom is -0.323 e. The van der Waals surface area contributed by atoms with Crippen molar-refractivity contribution >= 4 is 17.5 Å². The Morgan fingerprint density at radius 3 is 2.46 bits per heavy atom. The fraction of sp³-hybridized carbons (Fsp3) is 0.364. The van der Waals surface area contributed by atoms with E-state index in [-0.39, 0.29) is 18.4 Å². The summed E-state index contributed by atoms with van der Waals surface area (Å²) in [6.45, 7) is 4.61.